The molecule has 0 N–H and O–H groups in total. The Morgan fingerprint density at radius 2 is 2.11 bits per heavy atom. The third-order valence-electron chi connectivity index (χ3n) is 2.84. The van der Waals surface area contributed by atoms with Crippen molar-refractivity contribution < 1.29 is 23.1 Å². The minimum absolute atomic E-state index is 0.226. The highest BCUT2D eigenvalue weighted by Crippen LogP contribution is 2.53. The summed E-state index contributed by atoms with van der Waals surface area (Å²) in [5, 5.41) is 0. The van der Waals surface area contributed by atoms with Crippen LogP contribution in [0.15, 0.2) is 24.5 Å². The first-order chi connectivity index (χ1) is 8.77. The fourth-order valence-electron chi connectivity index (χ4n) is 1.72. The lowest BCUT2D eigenvalue weighted by Gasteiger charge is -2.43. The molecule has 0 atom stereocenters. The molecule has 3 saturated heterocycles. The number of fused-ring (bicyclic) bond motifs is 3. The number of aromatic nitrogens is 1. The van der Waals surface area contributed by atoms with Gasteiger partial charge in [-0.05, 0) is 12.1 Å². The van der Waals surface area contributed by atoms with Crippen LogP contribution in [0.25, 0.3) is 0 Å². The number of nitrogens with zero attached hydrogens (tertiary/aromatic N) is 1. The molecule has 18 heavy (non-hydrogen) atoms. The first-order valence-electron chi connectivity index (χ1n) is 5.54. The predicted molar refractivity (Wildman–Crippen MR) is 61.7 cm³/mol. The fraction of sp³-hybridized carbons (Fsp3) is 0.455. The number of ether oxygens (including phenoxy) is 1. The van der Waals surface area contributed by atoms with Crippen LogP contribution in [0.2, 0.25) is 0 Å². The van der Waals surface area contributed by atoms with Crippen molar-refractivity contribution in [3.05, 3.63) is 30.1 Å². The molecule has 96 valence electrons. The highest BCUT2D eigenvalue weighted by atomic mass is 31.2. The lowest BCUT2D eigenvalue weighted by atomic mass is 9.92. The molecule has 0 radical (unpaired) electrons. The van der Waals surface area contributed by atoms with Gasteiger partial charge in [0.2, 0.25) is 0 Å². The summed E-state index contributed by atoms with van der Waals surface area (Å²) in [6, 6.07) is 3.36. The predicted octanol–water partition coefficient (Wildman–Crippen LogP) is 1.53. The molecule has 0 aliphatic carbocycles. The molecule has 0 spiro atoms. The number of carbonyl (C=O) groups is 1. The number of pyridine rings is 1. The van der Waals surface area contributed by atoms with Gasteiger partial charge in [-0.15, -0.1) is 0 Å². The van der Waals surface area contributed by atoms with E-state index in [0.29, 0.717) is 25.4 Å². The molecule has 3 fully saturated rings. The smallest absolute Gasteiger partial charge is 0.339 e. The Morgan fingerprint density at radius 1 is 1.39 bits per heavy atom. The van der Waals surface area contributed by atoms with Crippen molar-refractivity contribution in [3.8, 4) is 0 Å². The Labute approximate surface area is 105 Å². The lowest BCUT2D eigenvalue weighted by molar-refractivity contribution is -0.0999. The van der Waals surface area contributed by atoms with Crippen molar-refractivity contribution in [2.24, 2.45) is 5.41 Å². The zero-order valence-electron chi connectivity index (χ0n) is 9.57. The van der Waals surface area contributed by atoms with Crippen LogP contribution in [0.4, 0.5) is 0 Å². The monoisotopic (exact) mass is 269 g/mol. The number of esters is 1. The number of hydrogen-bond donors (Lipinski definition) is 0. The van der Waals surface area contributed by atoms with Crippen LogP contribution in [0.5, 0.6) is 0 Å². The van der Waals surface area contributed by atoms with Gasteiger partial charge in [0.25, 0.3) is 0 Å². The van der Waals surface area contributed by atoms with Crippen molar-refractivity contribution >= 4 is 14.6 Å². The summed E-state index contributed by atoms with van der Waals surface area (Å²) in [6.45, 7) is 1.76. The average Bonchev–Trinajstić information content (AvgIpc) is 2.48. The molecular formula is C11H12NO5P. The van der Waals surface area contributed by atoms with Crippen LogP contribution in [-0.2, 0) is 18.3 Å². The van der Waals surface area contributed by atoms with E-state index in [1.165, 1.54) is 6.20 Å². The van der Waals surface area contributed by atoms with Gasteiger partial charge < -0.3 is 18.3 Å². The van der Waals surface area contributed by atoms with Gasteiger partial charge in [0.1, 0.15) is 6.61 Å². The van der Waals surface area contributed by atoms with E-state index in [2.05, 4.69) is 4.98 Å². The SMILES string of the molecule is O=C(OCC12COP(OC1)OC2)c1cccnc1. The summed E-state index contributed by atoms with van der Waals surface area (Å²) in [7, 11) is -1.16. The molecule has 3 aliphatic heterocycles. The van der Waals surface area contributed by atoms with Crippen LogP contribution in [0.1, 0.15) is 10.4 Å². The number of hydrogen-bond acceptors (Lipinski definition) is 6. The van der Waals surface area contributed by atoms with E-state index >= 15 is 0 Å². The van der Waals surface area contributed by atoms with E-state index in [0.717, 1.165) is 0 Å². The minimum atomic E-state index is -1.16. The minimum Gasteiger partial charge on any atom is -0.461 e. The molecule has 0 amide bonds. The summed E-state index contributed by atoms with van der Waals surface area (Å²) in [6.07, 6.45) is 3.08. The summed E-state index contributed by atoms with van der Waals surface area (Å²) in [5.41, 5.74) is 0.0696. The van der Waals surface area contributed by atoms with E-state index < -0.39 is 14.6 Å². The third kappa shape index (κ3) is 2.37. The average molecular weight is 269 g/mol. The molecule has 2 bridgehead atoms. The Morgan fingerprint density at radius 3 is 2.72 bits per heavy atom. The van der Waals surface area contributed by atoms with E-state index in [9.17, 15) is 4.79 Å². The quantitative estimate of drug-likeness (QED) is 0.612. The Hall–Kier alpha value is -1.07. The summed E-state index contributed by atoms with van der Waals surface area (Å²) in [5.74, 6) is -0.393. The van der Waals surface area contributed by atoms with Crippen LogP contribution in [0.3, 0.4) is 0 Å². The zero-order valence-corrected chi connectivity index (χ0v) is 10.5. The second kappa shape index (κ2) is 4.90. The van der Waals surface area contributed by atoms with Crippen molar-refractivity contribution in [2.45, 2.75) is 0 Å². The van der Waals surface area contributed by atoms with Crippen molar-refractivity contribution in [2.75, 3.05) is 26.4 Å². The van der Waals surface area contributed by atoms with E-state index in [-0.39, 0.29) is 12.0 Å². The standard InChI is InChI=1S/C11H12NO5P/c13-10(9-2-1-3-12-4-9)14-5-11-6-15-18(16-7-11)17-8-11/h1-4H,5-8H2. The van der Waals surface area contributed by atoms with E-state index in [1.807, 2.05) is 0 Å². The van der Waals surface area contributed by atoms with Gasteiger partial charge in [0.05, 0.1) is 30.8 Å². The second-order valence-corrected chi connectivity index (χ2v) is 5.58. The first-order valence-corrected chi connectivity index (χ1v) is 6.63. The number of carbonyl (C=O) groups excluding carboxylic acids is 1. The molecule has 0 saturated carbocycles. The highest BCUT2D eigenvalue weighted by Gasteiger charge is 2.45. The Bertz CT molecular complexity index is 419. The maximum Gasteiger partial charge on any atom is 0.339 e. The second-order valence-electron chi connectivity index (χ2n) is 4.36. The molecule has 7 heteroatoms. The van der Waals surface area contributed by atoms with Crippen molar-refractivity contribution in [3.63, 3.8) is 0 Å². The number of rotatable bonds is 3. The van der Waals surface area contributed by atoms with Gasteiger partial charge in [0, 0.05) is 12.4 Å². The maximum absolute atomic E-state index is 11.8. The Kier molecular flexibility index (Phi) is 3.26. The molecule has 3 aliphatic rings. The van der Waals surface area contributed by atoms with Gasteiger partial charge in [-0.2, -0.15) is 0 Å². The van der Waals surface area contributed by atoms with Gasteiger partial charge in [-0.3, -0.25) is 4.98 Å². The molecular weight excluding hydrogens is 257 g/mol. The van der Waals surface area contributed by atoms with Gasteiger partial charge in [-0.25, -0.2) is 4.79 Å². The molecule has 1 aromatic rings. The third-order valence-corrected chi connectivity index (χ3v) is 3.85. The van der Waals surface area contributed by atoms with E-state index in [1.54, 1.807) is 18.3 Å². The van der Waals surface area contributed by atoms with Gasteiger partial charge in [0.15, 0.2) is 0 Å². The van der Waals surface area contributed by atoms with Crippen molar-refractivity contribution in [1.82, 2.24) is 4.98 Å². The van der Waals surface area contributed by atoms with Crippen LogP contribution >= 0.6 is 8.60 Å². The molecule has 6 nitrogen and oxygen atoms in total. The lowest BCUT2D eigenvalue weighted by Crippen LogP contribution is -2.47. The van der Waals surface area contributed by atoms with Gasteiger partial charge >= 0.3 is 14.6 Å². The summed E-state index contributed by atoms with van der Waals surface area (Å²) in [4.78, 5) is 15.7. The van der Waals surface area contributed by atoms with Crippen LogP contribution < -0.4 is 0 Å². The zero-order chi connectivity index (χ0) is 12.4. The maximum atomic E-state index is 11.8. The van der Waals surface area contributed by atoms with Gasteiger partial charge in [-0.1, -0.05) is 0 Å². The summed E-state index contributed by atoms with van der Waals surface area (Å²) >= 11 is 0. The Balaban J connectivity index is 1.59. The molecule has 0 aromatic carbocycles. The topological polar surface area (TPSA) is 66.9 Å². The first kappa shape index (κ1) is 12.0. The molecule has 1 aromatic heterocycles. The molecule has 4 heterocycles. The molecule has 4 rings (SSSR count). The van der Waals surface area contributed by atoms with Crippen LogP contribution in [0, 0.1) is 5.41 Å². The van der Waals surface area contributed by atoms with E-state index in [4.69, 9.17) is 18.3 Å². The highest BCUT2D eigenvalue weighted by molar-refractivity contribution is 7.41. The van der Waals surface area contributed by atoms with Crippen LogP contribution in [-0.4, -0.2) is 37.4 Å². The normalized spacial score (nSPS) is 30.1. The van der Waals surface area contributed by atoms with Crippen molar-refractivity contribution in [1.29, 1.82) is 0 Å². The largest absolute Gasteiger partial charge is 0.461 e. The fourth-order valence-corrected chi connectivity index (χ4v) is 3.08. The summed E-state index contributed by atoms with van der Waals surface area (Å²) < 4.78 is 21.3. The molecule has 0 unspecified atom stereocenters.